The highest BCUT2D eigenvalue weighted by Gasteiger charge is 2.28. The molecule has 7 heteroatoms. The molecule has 16 heavy (non-hydrogen) atoms. The van der Waals surface area contributed by atoms with E-state index in [4.69, 9.17) is 4.55 Å². The molecule has 0 bridgehead atoms. The lowest BCUT2D eigenvalue weighted by molar-refractivity contribution is -0.700. The predicted octanol–water partition coefficient (Wildman–Crippen LogP) is 1.28. The van der Waals surface area contributed by atoms with E-state index in [0.29, 0.717) is 6.54 Å². The Labute approximate surface area is 97.0 Å². The molecule has 0 amide bonds. The maximum absolute atomic E-state index is 11.1. The van der Waals surface area contributed by atoms with Crippen molar-refractivity contribution in [2.75, 3.05) is 0 Å². The Morgan fingerprint density at radius 2 is 2.00 bits per heavy atom. The number of nitrogens with zero attached hydrogens (tertiary/aromatic N) is 1. The van der Waals surface area contributed by atoms with E-state index in [1.54, 1.807) is 4.57 Å². The average Bonchev–Trinajstić information content (AvgIpc) is 2.55. The van der Waals surface area contributed by atoms with Gasteiger partial charge in [-0.25, -0.2) is 0 Å². The van der Waals surface area contributed by atoms with Gasteiger partial charge in [0.1, 0.15) is 11.2 Å². The molecule has 1 heterocycles. The van der Waals surface area contributed by atoms with Crippen LogP contribution in [0.15, 0.2) is 28.6 Å². The van der Waals surface area contributed by atoms with Crippen molar-refractivity contribution in [3.05, 3.63) is 24.3 Å². The van der Waals surface area contributed by atoms with Crippen molar-refractivity contribution in [1.82, 2.24) is 0 Å². The Balaban J connectivity index is 0.00000128. The molecular formula is C9H11NO4S2. The lowest BCUT2D eigenvalue weighted by atomic mass is 10.3. The molecule has 1 aromatic heterocycles. The molecule has 0 aliphatic heterocycles. The summed E-state index contributed by atoms with van der Waals surface area (Å²) in [6.45, 7) is 2.35. The van der Waals surface area contributed by atoms with Crippen LogP contribution in [-0.2, 0) is 16.7 Å². The van der Waals surface area contributed by atoms with Crippen LogP contribution >= 0.6 is 11.3 Å². The Morgan fingerprint density at radius 3 is 2.56 bits per heavy atom. The second-order valence-corrected chi connectivity index (χ2v) is 5.68. The molecule has 2 aromatic rings. The van der Waals surface area contributed by atoms with Gasteiger partial charge in [0.2, 0.25) is 5.52 Å². The second kappa shape index (κ2) is 4.46. The van der Waals surface area contributed by atoms with E-state index in [0.717, 1.165) is 21.6 Å². The van der Waals surface area contributed by atoms with Gasteiger partial charge in [0, 0.05) is 6.07 Å². The third kappa shape index (κ3) is 2.07. The number of aromatic nitrogens is 1. The van der Waals surface area contributed by atoms with E-state index >= 15 is 0 Å². The maximum Gasteiger partial charge on any atom is 0.382 e. The summed E-state index contributed by atoms with van der Waals surface area (Å²) in [7, 11) is -4.13. The van der Waals surface area contributed by atoms with Crippen LogP contribution in [0, 0.1) is 0 Å². The first-order valence-electron chi connectivity index (χ1n) is 4.43. The van der Waals surface area contributed by atoms with E-state index in [-0.39, 0.29) is 9.82 Å². The molecule has 0 atom stereocenters. The zero-order chi connectivity index (χ0) is 11.1. The number of para-hydroxylation sites is 1. The molecule has 0 spiro atoms. The largest absolute Gasteiger partial charge is 0.870 e. The van der Waals surface area contributed by atoms with Crippen LogP contribution in [0.4, 0.5) is 0 Å². The zero-order valence-corrected chi connectivity index (χ0v) is 10.1. The number of rotatable bonds is 2. The lowest BCUT2D eigenvalue weighted by Crippen LogP contribution is -2.36. The SMILES string of the molecule is CC[n+]1c(S(=O)(=O)O)sc2ccccc21.[OH-]. The molecule has 2 rings (SSSR count). The Morgan fingerprint density at radius 1 is 1.38 bits per heavy atom. The number of hydrogen-bond donors (Lipinski definition) is 1. The van der Waals surface area contributed by atoms with Crippen molar-refractivity contribution in [2.24, 2.45) is 0 Å². The molecule has 0 unspecified atom stereocenters. The minimum atomic E-state index is -4.13. The first-order valence-corrected chi connectivity index (χ1v) is 6.68. The number of aryl methyl sites for hydroxylation is 1. The van der Waals surface area contributed by atoms with Gasteiger partial charge < -0.3 is 5.48 Å². The van der Waals surface area contributed by atoms with Gasteiger partial charge in [0.15, 0.2) is 0 Å². The summed E-state index contributed by atoms with van der Waals surface area (Å²) in [6, 6.07) is 7.35. The number of benzene rings is 1. The predicted molar refractivity (Wildman–Crippen MR) is 59.4 cm³/mol. The summed E-state index contributed by atoms with van der Waals surface area (Å²) < 4.78 is 33.8. The minimum Gasteiger partial charge on any atom is -0.870 e. The van der Waals surface area contributed by atoms with Crippen molar-refractivity contribution in [1.29, 1.82) is 0 Å². The first-order chi connectivity index (χ1) is 7.04. The van der Waals surface area contributed by atoms with Crippen LogP contribution in [0.5, 0.6) is 0 Å². The fourth-order valence-electron chi connectivity index (χ4n) is 1.51. The third-order valence-corrected chi connectivity index (χ3v) is 4.61. The molecule has 0 saturated carbocycles. The number of thiazole rings is 1. The number of hydrogen-bond acceptors (Lipinski definition) is 4. The summed E-state index contributed by atoms with van der Waals surface area (Å²) in [5, 5.41) is 0. The van der Waals surface area contributed by atoms with Crippen LogP contribution < -0.4 is 4.57 Å². The lowest BCUT2D eigenvalue weighted by Gasteiger charge is -1.91. The monoisotopic (exact) mass is 261 g/mol. The van der Waals surface area contributed by atoms with E-state index in [9.17, 15) is 8.42 Å². The molecule has 1 aromatic carbocycles. The standard InChI is InChI=1S/C9H9NO3S2.H2O/c1-2-10-7-5-3-4-6-8(7)14-9(10)15(11,12)13;/h3-6H,2H2,1H3;1H2. The second-order valence-electron chi connectivity index (χ2n) is 3.06. The van der Waals surface area contributed by atoms with Crippen molar-refractivity contribution in [2.45, 2.75) is 17.8 Å². The zero-order valence-electron chi connectivity index (χ0n) is 8.49. The van der Waals surface area contributed by atoms with Crippen molar-refractivity contribution >= 4 is 31.7 Å². The fraction of sp³-hybridized carbons (Fsp3) is 0.222. The molecule has 5 nitrogen and oxygen atoms in total. The Bertz CT molecular complexity index is 603. The van der Waals surface area contributed by atoms with Gasteiger partial charge in [-0.3, -0.25) is 4.55 Å². The summed E-state index contributed by atoms with van der Waals surface area (Å²) in [5.41, 5.74) is 0.831. The molecule has 0 aliphatic carbocycles. The van der Waals surface area contributed by atoms with Gasteiger partial charge in [-0.2, -0.15) is 13.0 Å². The van der Waals surface area contributed by atoms with Gasteiger partial charge in [0.25, 0.3) is 0 Å². The van der Waals surface area contributed by atoms with Crippen LogP contribution in [0.25, 0.3) is 10.2 Å². The van der Waals surface area contributed by atoms with E-state index in [1.165, 1.54) is 0 Å². The maximum atomic E-state index is 11.1. The van der Waals surface area contributed by atoms with Gasteiger partial charge in [-0.1, -0.05) is 12.1 Å². The van der Waals surface area contributed by atoms with Gasteiger partial charge >= 0.3 is 14.5 Å². The van der Waals surface area contributed by atoms with E-state index in [2.05, 4.69) is 0 Å². The fourth-order valence-corrected chi connectivity index (χ4v) is 3.66. The summed E-state index contributed by atoms with van der Waals surface area (Å²) in [4.78, 5) is 0. The molecule has 88 valence electrons. The molecule has 0 aliphatic rings. The van der Waals surface area contributed by atoms with E-state index in [1.807, 2.05) is 31.2 Å². The molecule has 0 fully saturated rings. The highest BCUT2D eigenvalue weighted by Crippen LogP contribution is 2.23. The van der Waals surface area contributed by atoms with Gasteiger partial charge in [-0.15, -0.1) is 0 Å². The Hall–Kier alpha value is -1.02. The van der Waals surface area contributed by atoms with Gasteiger partial charge in [-0.05, 0) is 24.3 Å². The normalized spacial score (nSPS) is 11.4. The third-order valence-electron chi connectivity index (χ3n) is 2.11. The van der Waals surface area contributed by atoms with Crippen molar-refractivity contribution < 1.29 is 23.0 Å². The van der Waals surface area contributed by atoms with Gasteiger partial charge in [0.05, 0.1) is 0 Å². The Kier molecular flexibility index (Phi) is 3.64. The van der Waals surface area contributed by atoms with Crippen LogP contribution in [0.2, 0.25) is 0 Å². The number of fused-ring (bicyclic) bond motifs is 1. The van der Waals surface area contributed by atoms with Crippen LogP contribution in [0.3, 0.4) is 0 Å². The topological polar surface area (TPSA) is 88.2 Å². The molecular weight excluding hydrogens is 250 g/mol. The van der Waals surface area contributed by atoms with E-state index < -0.39 is 10.1 Å². The van der Waals surface area contributed by atoms with Crippen molar-refractivity contribution in [3.63, 3.8) is 0 Å². The summed E-state index contributed by atoms with van der Waals surface area (Å²) in [5.74, 6) is 0. The summed E-state index contributed by atoms with van der Waals surface area (Å²) >= 11 is 1.08. The molecule has 0 radical (unpaired) electrons. The first kappa shape index (κ1) is 13.0. The van der Waals surface area contributed by atoms with Crippen LogP contribution in [-0.4, -0.2) is 18.4 Å². The highest BCUT2D eigenvalue weighted by atomic mass is 32.3. The van der Waals surface area contributed by atoms with Crippen LogP contribution in [0.1, 0.15) is 6.92 Å². The average molecular weight is 261 g/mol. The molecule has 0 saturated heterocycles. The highest BCUT2D eigenvalue weighted by molar-refractivity contribution is 7.88. The molecule has 2 N–H and O–H groups in total. The van der Waals surface area contributed by atoms with Crippen molar-refractivity contribution in [3.8, 4) is 0 Å². The quantitative estimate of drug-likeness (QED) is 0.651. The minimum absolute atomic E-state index is 0. The smallest absolute Gasteiger partial charge is 0.382 e. The summed E-state index contributed by atoms with van der Waals surface area (Å²) in [6.07, 6.45) is 0.